The second-order valence-corrected chi connectivity index (χ2v) is 15.4. The Morgan fingerprint density at radius 1 is 0.604 bits per heavy atom. The number of nitrogens with one attached hydrogen (secondary N) is 1. The number of hydrogen-bond acceptors (Lipinski definition) is 7. The molecule has 0 saturated carbocycles. The molecule has 4 aliphatic rings. The highest BCUT2D eigenvalue weighted by atomic mass is 35.5. The molecule has 0 aliphatic carbocycles. The van der Waals surface area contributed by atoms with E-state index in [-0.39, 0.29) is 6.10 Å². The van der Waals surface area contributed by atoms with Gasteiger partial charge in [0.1, 0.15) is 23.7 Å². The lowest BCUT2D eigenvalue weighted by molar-refractivity contribution is 0.0785. The minimum atomic E-state index is 0.260. The van der Waals surface area contributed by atoms with Crippen LogP contribution in [-0.2, 0) is 0 Å². The first-order valence-electron chi connectivity index (χ1n) is 17.8. The molecule has 0 atom stereocenters. The minimum Gasteiger partial charge on any atom is -0.490 e. The average Bonchev–Trinajstić information content (AvgIpc) is 3.10. The van der Waals surface area contributed by atoms with Crippen LogP contribution in [0.1, 0.15) is 57.8 Å². The van der Waals surface area contributed by atoms with E-state index in [0.29, 0.717) is 32.6 Å². The van der Waals surface area contributed by atoms with Crippen LogP contribution in [0.5, 0.6) is 11.5 Å². The molecule has 7 nitrogen and oxygen atoms in total. The van der Waals surface area contributed by atoms with Gasteiger partial charge in [0.25, 0.3) is 0 Å². The quantitative estimate of drug-likeness (QED) is 0.263. The highest BCUT2D eigenvalue weighted by Crippen LogP contribution is 2.30. The van der Waals surface area contributed by atoms with E-state index in [1.807, 2.05) is 18.2 Å². The molecular formula is C37H51Cl4N5O2. The molecule has 4 aliphatic heterocycles. The smallest absolute Gasteiger partial charge is 0.121 e. The Hall–Kier alpha value is -1.47. The van der Waals surface area contributed by atoms with Crippen molar-refractivity contribution >= 4 is 46.4 Å². The Morgan fingerprint density at radius 3 is 1.48 bits per heavy atom. The molecule has 2 aromatic rings. The number of rotatable bonds is 10. The number of nitriles is 1. The van der Waals surface area contributed by atoms with E-state index in [2.05, 4.69) is 26.1 Å². The molecule has 0 amide bonds. The van der Waals surface area contributed by atoms with Crippen LogP contribution in [0.3, 0.4) is 0 Å². The fraction of sp³-hybridized carbons (Fsp3) is 0.649. The van der Waals surface area contributed by atoms with Gasteiger partial charge in [-0.05, 0) is 114 Å². The van der Waals surface area contributed by atoms with Gasteiger partial charge in [-0.15, -0.1) is 0 Å². The summed E-state index contributed by atoms with van der Waals surface area (Å²) in [5.41, 5.74) is 0. The van der Waals surface area contributed by atoms with Crippen LogP contribution >= 0.6 is 46.4 Å². The Morgan fingerprint density at radius 2 is 1.04 bits per heavy atom. The number of benzene rings is 2. The monoisotopic (exact) mass is 737 g/mol. The minimum absolute atomic E-state index is 0.260. The number of hydrogen-bond donors (Lipinski definition) is 1. The lowest BCUT2D eigenvalue weighted by Gasteiger charge is -2.37. The molecule has 264 valence electrons. The SMILES string of the molecule is Clc1ccc(OC2CCN(CC3CCNCC3)CC2)cc1Cl.N#CCCN1CCC(CN2CCC(Oc3ccc(Cl)c(Cl)c3)CC2)CC1. The number of nitrogens with zero attached hydrogens (tertiary/aromatic N) is 4. The molecule has 4 heterocycles. The van der Waals surface area contributed by atoms with Crippen molar-refractivity contribution in [2.24, 2.45) is 11.8 Å². The number of piperidine rings is 4. The highest BCUT2D eigenvalue weighted by molar-refractivity contribution is 6.42. The molecule has 6 rings (SSSR count). The molecular weight excluding hydrogens is 688 g/mol. The van der Waals surface area contributed by atoms with Crippen LogP contribution in [0, 0.1) is 23.2 Å². The molecule has 2 aromatic carbocycles. The Labute approximate surface area is 307 Å². The third kappa shape index (κ3) is 12.4. The fourth-order valence-corrected chi connectivity index (χ4v) is 7.88. The Bertz CT molecular complexity index is 1300. The summed E-state index contributed by atoms with van der Waals surface area (Å²) in [4.78, 5) is 7.62. The molecule has 1 N–H and O–H groups in total. The third-order valence-corrected chi connectivity index (χ3v) is 11.7. The van der Waals surface area contributed by atoms with E-state index in [1.165, 1.54) is 51.9 Å². The summed E-state index contributed by atoms with van der Waals surface area (Å²) in [5.74, 6) is 3.29. The van der Waals surface area contributed by atoms with Gasteiger partial charge in [0, 0.05) is 64.4 Å². The van der Waals surface area contributed by atoms with Gasteiger partial charge in [-0.3, -0.25) is 0 Å². The lowest BCUT2D eigenvalue weighted by atomic mass is 9.95. The zero-order valence-corrected chi connectivity index (χ0v) is 31.1. The summed E-state index contributed by atoms with van der Waals surface area (Å²) in [5, 5.41) is 14.4. The largest absolute Gasteiger partial charge is 0.490 e. The molecule has 4 saturated heterocycles. The van der Waals surface area contributed by atoms with Crippen molar-refractivity contribution in [3.8, 4) is 17.6 Å². The molecule has 0 radical (unpaired) electrons. The summed E-state index contributed by atoms with van der Waals surface area (Å²) in [6.45, 7) is 12.5. The maximum Gasteiger partial charge on any atom is 0.121 e. The maximum atomic E-state index is 8.70. The molecule has 0 spiro atoms. The van der Waals surface area contributed by atoms with Gasteiger partial charge >= 0.3 is 0 Å². The fourth-order valence-electron chi connectivity index (χ4n) is 7.30. The van der Waals surface area contributed by atoms with E-state index in [0.717, 1.165) is 94.8 Å². The molecule has 48 heavy (non-hydrogen) atoms. The van der Waals surface area contributed by atoms with Crippen LogP contribution in [0.15, 0.2) is 36.4 Å². The van der Waals surface area contributed by atoms with Crippen LogP contribution in [0.2, 0.25) is 20.1 Å². The summed E-state index contributed by atoms with van der Waals surface area (Å²) in [6.07, 6.45) is 10.6. The van der Waals surface area contributed by atoms with Crippen LogP contribution in [0.4, 0.5) is 0 Å². The normalized spacial score (nSPS) is 21.3. The van der Waals surface area contributed by atoms with Crippen molar-refractivity contribution in [2.75, 3.05) is 72.0 Å². The molecule has 4 fully saturated rings. The van der Waals surface area contributed by atoms with Crippen molar-refractivity contribution < 1.29 is 9.47 Å². The van der Waals surface area contributed by atoms with Crippen molar-refractivity contribution in [2.45, 2.75) is 70.0 Å². The van der Waals surface area contributed by atoms with Gasteiger partial charge in [0.15, 0.2) is 0 Å². The highest BCUT2D eigenvalue weighted by Gasteiger charge is 2.26. The van der Waals surface area contributed by atoms with Crippen LogP contribution in [-0.4, -0.2) is 98.9 Å². The van der Waals surface area contributed by atoms with E-state index in [4.69, 9.17) is 61.1 Å². The molecule has 11 heteroatoms. The Kier molecular flexibility index (Phi) is 15.6. The van der Waals surface area contributed by atoms with Crippen LogP contribution in [0.25, 0.3) is 0 Å². The predicted molar refractivity (Wildman–Crippen MR) is 198 cm³/mol. The van der Waals surface area contributed by atoms with Crippen molar-refractivity contribution in [3.63, 3.8) is 0 Å². The summed E-state index contributed by atoms with van der Waals surface area (Å²) >= 11 is 24.0. The van der Waals surface area contributed by atoms with Gasteiger partial charge in [-0.1, -0.05) is 46.4 Å². The second-order valence-electron chi connectivity index (χ2n) is 13.8. The summed E-state index contributed by atoms with van der Waals surface area (Å²) in [7, 11) is 0. The molecule has 0 aromatic heterocycles. The molecule has 0 unspecified atom stereocenters. The average molecular weight is 740 g/mol. The Balaban J connectivity index is 0.000000190. The third-order valence-electron chi connectivity index (χ3n) is 10.2. The zero-order chi connectivity index (χ0) is 33.7. The van der Waals surface area contributed by atoms with Crippen molar-refractivity contribution in [1.82, 2.24) is 20.0 Å². The molecule has 0 bridgehead atoms. The number of halogens is 4. The predicted octanol–water partition coefficient (Wildman–Crippen LogP) is 8.30. The first-order valence-corrected chi connectivity index (χ1v) is 19.3. The van der Waals surface area contributed by atoms with Gasteiger partial charge in [0.2, 0.25) is 0 Å². The van der Waals surface area contributed by atoms with Gasteiger partial charge < -0.3 is 29.5 Å². The lowest BCUT2D eigenvalue weighted by Crippen LogP contribution is -2.43. The zero-order valence-electron chi connectivity index (χ0n) is 28.0. The topological polar surface area (TPSA) is 64.0 Å². The number of likely N-dealkylation sites (tertiary alicyclic amines) is 3. The van der Waals surface area contributed by atoms with E-state index in [9.17, 15) is 0 Å². The maximum absolute atomic E-state index is 8.70. The van der Waals surface area contributed by atoms with Crippen LogP contribution < -0.4 is 14.8 Å². The van der Waals surface area contributed by atoms with Gasteiger partial charge in [-0.2, -0.15) is 5.26 Å². The van der Waals surface area contributed by atoms with E-state index in [1.54, 1.807) is 18.2 Å². The van der Waals surface area contributed by atoms with Crippen molar-refractivity contribution in [3.05, 3.63) is 56.5 Å². The van der Waals surface area contributed by atoms with Crippen molar-refractivity contribution in [1.29, 1.82) is 5.26 Å². The first kappa shape index (κ1) is 37.8. The summed E-state index contributed by atoms with van der Waals surface area (Å²) < 4.78 is 12.1. The van der Waals surface area contributed by atoms with E-state index >= 15 is 0 Å². The number of ether oxygens (including phenoxy) is 2. The van der Waals surface area contributed by atoms with E-state index < -0.39 is 0 Å². The second kappa shape index (κ2) is 19.8. The standard InChI is InChI=1S/C20H27Cl2N3O.C17H24Cl2N2O/c21-19-3-2-18(14-20(19)22)26-17-6-12-25(13-7-17)15-16-4-10-24(11-5-16)9-1-8-23;18-16-2-1-15(11-17(16)19)22-14-5-9-21(10-6-14)12-13-3-7-20-8-4-13/h2-3,14,16-17H,1,4-7,9-13,15H2;1-2,11,13-14,20H,3-10,12H2. The van der Waals surface area contributed by atoms with Gasteiger partial charge in [0.05, 0.1) is 26.2 Å². The first-order chi connectivity index (χ1) is 23.3. The van der Waals surface area contributed by atoms with Gasteiger partial charge in [-0.25, -0.2) is 0 Å². The summed E-state index contributed by atoms with van der Waals surface area (Å²) in [6, 6.07) is 13.2.